The molecule has 0 atom stereocenters. The van der Waals surface area contributed by atoms with E-state index in [1.165, 1.54) is 59.3 Å². The molecule has 2 N–H and O–H groups in total. The minimum absolute atomic E-state index is 0.00528. The molecule has 0 radical (unpaired) electrons. The third kappa shape index (κ3) is 10.9. The maximum absolute atomic E-state index is 15.2. The number of nitrogens with zero attached hydrogens (tertiary/aromatic N) is 2. The predicted octanol–water partition coefficient (Wildman–Crippen LogP) is 9.94. The number of benzene rings is 4. The first kappa shape index (κ1) is 48.7. The molecule has 63 heavy (non-hydrogen) atoms. The number of halogens is 6. The van der Waals surface area contributed by atoms with Crippen LogP contribution in [0.3, 0.4) is 0 Å². The largest absolute Gasteiger partial charge is 0.477 e. The lowest BCUT2D eigenvalue weighted by molar-refractivity contribution is 0.0523. The summed E-state index contributed by atoms with van der Waals surface area (Å²) in [5, 5.41) is 18.3. The van der Waals surface area contributed by atoms with E-state index in [-0.39, 0.29) is 91.8 Å². The maximum atomic E-state index is 15.2. The van der Waals surface area contributed by atoms with Crippen molar-refractivity contribution >= 4 is 65.3 Å². The van der Waals surface area contributed by atoms with Crippen molar-refractivity contribution in [1.29, 1.82) is 0 Å². The SMILES string of the molecule is CCOC(=O)c1cn(CCO[Si](C)(C)C(C)(C)C)c2cc(F)c(Cc3cccc(Cl)c3F)cc2c1=O.O=C(O)c1cn(CCO)c2cc(F)c(Cc3cccc(Cl)c3F)cc2c1=O. The third-order valence-corrected chi connectivity index (χ3v) is 16.1. The van der Waals surface area contributed by atoms with Crippen LogP contribution in [0.15, 0.2) is 82.6 Å². The van der Waals surface area contributed by atoms with Crippen molar-refractivity contribution in [2.24, 2.45) is 0 Å². The smallest absolute Gasteiger partial charge is 0.343 e. The van der Waals surface area contributed by atoms with Gasteiger partial charge in [0.05, 0.1) is 40.9 Å². The van der Waals surface area contributed by atoms with Crippen molar-refractivity contribution in [3.05, 3.63) is 160 Å². The van der Waals surface area contributed by atoms with E-state index in [1.54, 1.807) is 17.6 Å². The molecule has 0 aliphatic heterocycles. The molecule has 0 fully saturated rings. The van der Waals surface area contributed by atoms with Crippen LogP contribution in [0.5, 0.6) is 0 Å². The number of rotatable bonds is 13. The quantitative estimate of drug-likeness (QED) is 0.0664. The summed E-state index contributed by atoms with van der Waals surface area (Å²) in [6, 6.07) is 13.8. The van der Waals surface area contributed by atoms with Crippen molar-refractivity contribution in [2.75, 3.05) is 19.8 Å². The number of carbonyl (C=O) groups excluding carboxylic acids is 1. The van der Waals surface area contributed by atoms with Gasteiger partial charge in [-0.3, -0.25) is 9.59 Å². The number of aromatic nitrogens is 2. The van der Waals surface area contributed by atoms with Gasteiger partial charge in [0.25, 0.3) is 0 Å². The molecule has 0 aliphatic rings. The minimum atomic E-state index is -2.05. The third-order valence-electron chi connectivity index (χ3n) is 11.0. The highest BCUT2D eigenvalue weighted by atomic mass is 35.5. The number of carbonyl (C=O) groups is 2. The van der Waals surface area contributed by atoms with Crippen molar-refractivity contribution in [3.8, 4) is 0 Å². The second-order valence-corrected chi connectivity index (χ2v) is 21.8. The van der Waals surface area contributed by atoms with Gasteiger partial charge >= 0.3 is 11.9 Å². The Morgan fingerprint density at radius 1 is 0.730 bits per heavy atom. The first-order valence-corrected chi connectivity index (χ1v) is 23.5. The molecule has 0 spiro atoms. The topological polar surface area (TPSA) is 137 Å². The molecular formula is C46H46Cl2F4N2O8Si. The summed E-state index contributed by atoms with van der Waals surface area (Å²) < 4.78 is 72.7. The monoisotopic (exact) mass is 928 g/mol. The lowest BCUT2D eigenvalue weighted by atomic mass is 10.0. The van der Waals surface area contributed by atoms with Crippen LogP contribution >= 0.6 is 23.2 Å². The Kier molecular flexibility index (Phi) is 15.5. The van der Waals surface area contributed by atoms with E-state index in [0.29, 0.717) is 18.7 Å². The second kappa shape index (κ2) is 20.0. The average molecular weight is 930 g/mol. The molecule has 2 heterocycles. The summed E-state index contributed by atoms with van der Waals surface area (Å²) in [5.41, 5.74) is -1.05. The van der Waals surface area contributed by atoms with E-state index in [4.69, 9.17) is 37.5 Å². The first-order chi connectivity index (χ1) is 29.6. The molecular weight excluding hydrogens is 883 g/mol. The van der Waals surface area contributed by atoms with Gasteiger partial charge in [-0.25, -0.2) is 27.2 Å². The Labute approximate surface area is 371 Å². The maximum Gasteiger partial charge on any atom is 0.343 e. The van der Waals surface area contributed by atoms with Crippen molar-refractivity contribution in [1.82, 2.24) is 9.13 Å². The molecule has 0 saturated heterocycles. The minimum Gasteiger partial charge on any atom is -0.477 e. The summed E-state index contributed by atoms with van der Waals surface area (Å²) in [6.45, 7) is 12.7. The molecule has 0 amide bonds. The number of ether oxygens (including phenoxy) is 1. The first-order valence-electron chi connectivity index (χ1n) is 19.8. The summed E-state index contributed by atoms with van der Waals surface area (Å²) in [6.07, 6.45) is 2.20. The molecule has 4 aromatic carbocycles. The lowest BCUT2D eigenvalue weighted by Crippen LogP contribution is -2.41. The van der Waals surface area contributed by atoms with Crippen LogP contribution in [-0.4, -0.2) is 59.4 Å². The highest BCUT2D eigenvalue weighted by Gasteiger charge is 2.37. The van der Waals surface area contributed by atoms with Gasteiger partial charge in [0.2, 0.25) is 10.9 Å². The van der Waals surface area contributed by atoms with Crippen LogP contribution in [0.2, 0.25) is 28.2 Å². The molecule has 6 aromatic rings. The molecule has 2 aromatic heterocycles. The summed E-state index contributed by atoms with van der Waals surface area (Å²) in [5.74, 6) is -4.79. The fourth-order valence-electron chi connectivity index (χ4n) is 6.56. The number of pyridine rings is 2. The molecule has 0 saturated carbocycles. The van der Waals surface area contributed by atoms with Gasteiger partial charge in [-0.1, -0.05) is 68.2 Å². The highest BCUT2D eigenvalue weighted by Crippen LogP contribution is 2.36. The van der Waals surface area contributed by atoms with Crippen LogP contribution in [-0.2, 0) is 35.1 Å². The van der Waals surface area contributed by atoms with Crippen LogP contribution < -0.4 is 10.9 Å². The zero-order valence-electron chi connectivity index (χ0n) is 35.4. The standard InChI is InChI=1S/C27H32ClF2NO4Si.C19H14ClF2NO4/c1-7-34-26(33)20-16-31(11-12-35-36(5,6)27(2,3)4)23-15-22(29)18(14-19(23)25(20)32)13-17-9-8-10-21(28)24(17)30;20-14-3-1-2-10(17(14)22)6-11-7-12-16(8-15(11)21)23(4-5-24)9-13(18(12)25)19(26)27/h8-10,14-16H,7,11-13H2,1-6H3;1-3,7-9,24H,4-6H2,(H,26,27). The summed E-state index contributed by atoms with van der Waals surface area (Å²) in [7, 11) is -2.05. The molecule has 17 heteroatoms. The Hall–Kier alpha value is -5.32. The Bertz CT molecular complexity index is 2840. The Balaban J connectivity index is 0.000000247. The number of hydrogen-bond donors (Lipinski definition) is 2. The van der Waals surface area contributed by atoms with E-state index in [9.17, 15) is 37.5 Å². The molecule has 0 aliphatic carbocycles. The molecule has 0 unspecified atom stereocenters. The summed E-state index contributed by atoms with van der Waals surface area (Å²) >= 11 is 11.6. The van der Waals surface area contributed by atoms with Gasteiger partial charge in [-0.15, -0.1) is 0 Å². The van der Waals surface area contributed by atoms with Gasteiger partial charge in [0.1, 0.15) is 34.4 Å². The number of aliphatic hydroxyl groups is 1. The number of carboxylic acids is 1. The molecule has 6 rings (SSSR count). The zero-order valence-corrected chi connectivity index (χ0v) is 37.9. The predicted molar refractivity (Wildman–Crippen MR) is 238 cm³/mol. The number of carboxylic acid groups (broad SMARTS) is 1. The van der Waals surface area contributed by atoms with Crippen molar-refractivity contribution < 1.29 is 46.5 Å². The van der Waals surface area contributed by atoms with Gasteiger partial charge in [0, 0.05) is 49.1 Å². The number of fused-ring (bicyclic) bond motifs is 2. The molecule has 334 valence electrons. The average Bonchev–Trinajstić information content (AvgIpc) is 3.21. The zero-order chi connectivity index (χ0) is 46.6. The van der Waals surface area contributed by atoms with Crippen LogP contribution in [0, 0.1) is 23.3 Å². The van der Waals surface area contributed by atoms with Gasteiger partial charge < -0.3 is 28.5 Å². The van der Waals surface area contributed by atoms with Gasteiger partial charge in [-0.2, -0.15) is 0 Å². The van der Waals surface area contributed by atoms with Crippen LogP contribution in [0.25, 0.3) is 21.8 Å². The number of esters is 1. The van der Waals surface area contributed by atoms with Gasteiger partial charge in [0.15, 0.2) is 8.32 Å². The van der Waals surface area contributed by atoms with Crippen LogP contribution in [0.1, 0.15) is 70.7 Å². The lowest BCUT2D eigenvalue weighted by Gasteiger charge is -2.36. The second-order valence-electron chi connectivity index (χ2n) is 16.2. The summed E-state index contributed by atoms with van der Waals surface area (Å²) in [4.78, 5) is 49.6. The normalized spacial score (nSPS) is 11.8. The van der Waals surface area contributed by atoms with E-state index in [0.717, 1.165) is 12.3 Å². The van der Waals surface area contributed by atoms with E-state index < -0.39 is 59.9 Å². The van der Waals surface area contributed by atoms with E-state index in [2.05, 4.69) is 33.9 Å². The van der Waals surface area contributed by atoms with E-state index in [1.807, 2.05) is 0 Å². The Morgan fingerprint density at radius 3 is 1.63 bits per heavy atom. The van der Waals surface area contributed by atoms with Crippen molar-refractivity contribution in [2.45, 2.75) is 71.8 Å². The highest BCUT2D eigenvalue weighted by molar-refractivity contribution is 6.74. The fraction of sp³-hybridized carbons (Fsp3) is 0.304. The van der Waals surface area contributed by atoms with E-state index >= 15 is 4.39 Å². The molecule has 10 nitrogen and oxygen atoms in total. The van der Waals surface area contributed by atoms with Crippen molar-refractivity contribution in [3.63, 3.8) is 0 Å². The van der Waals surface area contributed by atoms with Gasteiger partial charge in [-0.05, 0) is 83.7 Å². The van der Waals surface area contributed by atoms with Crippen LogP contribution in [0.4, 0.5) is 17.6 Å². The molecule has 0 bridgehead atoms. The fourth-order valence-corrected chi connectivity index (χ4v) is 7.99. The number of aliphatic hydroxyl groups excluding tert-OH is 1. The number of hydrogen-bond acceptors (Lipinski definition) is 7. The Morgan fingerprint density at radius 2 is 1.19 bits per heavy atom. The number of aromatic carboxylic acids is 1.